The van der Waals surface area contributed by atoms with Crippen molar-refractivity contribution in [2.45, 2.75) is 17.8 Å². The fraction of sp³-hybridized carbons (Fsp3) is 0.0698. The molecule has 7 aromatic rings. The molecule has 0 fully saturated rings. The molecule has 7 rings (SSSR count). The molecule has 0 saturated carbocycles. The van der Waals surface area contributed by atoms with Crippen LogP contribution in [0.2, 0.25) is 0 Å². The van der Waals surface area contributed by atoms with Gasteiger partial charge in [-0.15, -0.1) is 0 Å². The van der Waals surface area contributed by atoms with E-state index in [2.05, 4.69) is 0 Å². The molecule has 1 heterocycles. The maximum absolute atomic E-state index is 15.3. The molecule has 1 aromatic heterocycles. The molecular formula is C43H32O12. The van der Waals surface area contributed by atoms with Crippen LogP contribution in [-0.2, 0) is 0 Å². The first-order chi connectivity index (χ1) is 26.3. The quantitative estimate of drug-likeness (QED) is 0.0532. The van der Waals surface area contributed by atoms with Crippen LogP contribution in [0.3, 0.4) is 0 Å². The Kier molecular flexibility index (Phi) is 9.17. The second-order valence-electron chi connectivity index (χ2n) is 13.0. The maximum atomic E-state index is 15.3. The molecule has 0 aliphatic rings. The SMILES string of the molecule is O=C(c1c(O)cc(O)c(C(c2ccc(O)cc2)c2ccc(O)cc2)c1O)C(c1coc2cc(O)cc(O)c2c1=O)C(c1ccc(O)cc1)c1ccc(O)cc1. The lowest BCUT2D eigenvalue weighted by molar-refractivity contribution is 0.0944. The summed E-state index contributed by atoms with van der Waals surface area (Å²) in [6, 6.07) is 26.0. The monoisotopic (exact) mass is 740 g/mol. The average molecular weight is 741 g/mol. The van der Waals surface area contributed by atoms with E-state index in [1.165, 1.54) is 97.1 Å². The van der Waals surface area contributed by atoms with E-state index in [1.807, 2.05) is 0 Å². The van der Waals surface area contributed by atoms with E-state index in [4.69, 9.17) is 4.42 Å². The van der Waals surface area contributed by atoms with Crippen LogP contribution in [0.25, 0.3) is 11.0 Å². The Hall–Kier alpha value is -7.60. The molecule has 12 nitrogen and oxygen atoms in total. The predicted molar refractivity (Wildman–Crippen MR) is 200 cm³/mol. The van der Waals surface area contributed by atoms with Crippen molar-refractivity contribution in [1.29, 1.82) is 0 Å². The minimum Gasteiger partial charge on any atom is -0.508 e. The molecule has 6 aromatic carbocycles. The molecule has 9 N–H and O–H groups in total. The van der Waals surface area contributed by atoms with Gasteiger partial charge in [0.05, 0.1) is 12.2 Å². The third-order valence-corrected chi connectivity index (χ3v) is 9.61. The molecule has 276 valence electrons. The van der Waals surface area contributed by atoms with Crippen molar-refractivity contribution >= 4 is 16.8 Å². The molecule has 1 atom stereocenters. The summed E-state index contributed by atoms with van der Waals surface area (Å²) in [7, 11) is 0. The summed E-state index contributed by atoms with van der Waals surface area (Å²) < 4.78 is 5.73. The molecule has 1 unspecified atom stereocenters. The van der Waals surface area contributed by atoms with E-state index in [0.29, 0.717) is 22.3 Å². The zero-order valence-corrected chi connectivity index (χ0v) is 28.5. The van der Waals surface area contributed by atoms with Crippen LogP contribution < -0.4 is 5.43 Å². The fourth-order valence-electron chi connectivity index (χ4n) is 7.06. The van der Waals surface area contributed by atoms with Crippen molar-refractivity contribution in [2.75, 3.05) is 0 Å². The highest BCUT2D eigenvalue weighted by atomic mass is 16.3. The number of fused-ring (bicyclic) bond motifs is 1. The number of rotatable bonds is 9. The summed E-state index contributed by atoms with van der Waals surface area (Å²) in [4.78, 5) is 29.7. The summed E-state index contributed by atoms with van der Waals surface area (Å²) in [5.41, 5.74) is -0.787. The van der Waals surface area contributed by atoms with Gasteiger partial charge in [0.25, 0.3) is 0 Å². The maximum Gasteiger partial charge on any atom is 0.200 e. The van der Waals surface area contributed by atoms with Crippen molar-refractivity contribution in [3.63, 3.8) is 0 Å². The van der Waals surface area contributed by atoms with Crippen molar-refractivity contribution in [1.82, 2.24) is 0 Å². The van der Waals surface area contributed by atoms with E-state index < -0.39 is 63.3 Å². The lowest BCUT2D eigenvalue weighted by Gasteiger charge is -2.29. The van der Waals surface area contributed by atoms with Gasteiger partial charge >= 0.3 is 0 Å². The summed E-state index contributed by atoms with van der Waals surface area (Å²) in [6.07, 6.45) is 0.977. The third-order valence-electron chi connectivity index (χ3n) is 9.61. The van der Waals surface area contributed by atoms with Gasteiger partial charge in [0.15, 0.2) is 11.2 Å². The van der Waals surface area contributed by atoms with E-state index >= 15 is 4.79 Å². The van der Waals surface area contributed by atoms with Crippen LogP contribution >= 0.6 is 0 Å². The first-order valence-corrected chi connectivity index (χ1v) is 16.8. The van der Waals surface area contributed by atoms with Crippen LogP contribution in [-0.4, -0.2) is 51.7 Å². The predicted octanol–water partition coefficient (Wildman–Crippen LogP) is 7.12. The lowest BCUT2D eigenvalue weighted by atomic mass is 9.73. The smallest absolute Gasteiger partial charge is 0.200 e. The van der Waals surface area contributed by atoms with Gasteiger partial charge in [0.2, 0.25) is 0 Å². The Bertz CT molecular complexity index is 2520. The first-order valence-electron chi connectivity index (χ1n) is 16.8. The van der Waals surface area contributed by atoms with Gasteiger partial charge in [-0.1, -0.05) is 48.5 Å². The molecule has 55 heavy (non-hydrogen) atoms. The first kappa shape index (κ1) is 35.8. The van der Waals surface area contributed by atoms with Crippen molar-refractivity contribution in [2.24, 2.45) is 0 Å². The number of ketones is 1. The van der Waals surface area contributed by atoms with Crippen LogP contribution in [0.15, 0.2) is 131 Å². The topological polar surface area (TPSA) is 229 Å². The number of aromatic hydroxyl groups is 9. The molecule has 0 aliphatic carbocycles. The number of hydrogen-bond donors (Lipinski definition) is 9. The van der Waals surface area contributed by atoms with Crippen LogP contribution in [0.4, 0.5) is 0 Å². The summed E-state index contributed by atoms with van der Waals surface area (Å²) >= 11 is 0. The standard InChI is InChI=1S/C43H32O12/c44-25-9-1-21(2-10-25)35(22-3-11-26(45)12-4-22)37(30-20-55-34-18-29(48)17-31(49)38(34)41(30)52)42(53)40-33(51)19-32(50)39(43(40)54)36(23-5-13-27(46)14-6-23)24-7-15-28(47)16-8-24/h1-20,35-37,44-51,54H. The highest BCUT2D eigenvalue weighted by Gasteiger charge is 2.40. The number of hydrogen-bond acceptors (Lipinski definition) is 12. The van der Waals surface area contributed by atoms with Gasteiger partial charge in [-0.2, -0.15) is 0 Å². The van der Waals surface area contributed by atoms with Gasteiger partial charge < -0.3 is 50.4 Å². The van der Waals surface area contributed by atoms with Gasteiger partial charge in [-0.3, -0.25) is 9.59 Å². The number of benzene rings is 6. The Morgan fingerprint density at radius 1 is 0.509 bits per heavy atom. The fourth-order valence-corrected chi connectivity index (χ4v) is 7.06. The minimum atomic E-state index is -1.68. The molecule has 0 spiro atoms. The number of phenolic OH excluding ortho intramolecular Hbond substituents is 9. The Balaban J connectivity index is 1.53. The Morgan fingerprint density at radius 2 is 0.964 bits per heavy atom. The third kappa shape index (κ3) is 6.64. The zero-order valence-electron chi connectivity index (χ0n) is 28.5. The number of carbonyl (C=O) groups excluding carboxylic acids is 1. The van der Waals surface area contributed by atoms with E-state index in [9.17, 15) is 50.8 Å². The highest BCUT2D eigenvalue weighted by molar-refractivity contribution is 6.07. The zero-order chi connectivity index (χ0) is 39.1. The summed E-state index contributed by atoms with van der Waals surface area (Å²) in [5.74, 6) is -8.66. The second-order valence-corrected chi connectivity index (χ2v) is 13.0. The van der Waals surface area contributed by atoms with Crippen molar-refractivity contribution < 1.29 is 55.2 Å². The minimum absolute atomic E-state index is 0.0731. The Morgan fingerprint density at radius 3 is 1.44 bits per heavy atom. The highest BCUT2D eigenvalue weighted by Crippen LogP contribution is 2.50. The number of phenols is 9. The lowest BCUT2D eigenvalue weighted by Crippen LogP contribution is -2.27. The average Bonchev–Trinajstić information content (AvgIpc) is 3.14. The summed E-state index contributed by atoms with van der Waals surface area (Å²) in [5, 5.41) is 95.9. The van der Waals surface area contributed by atoms with Gasteiger partial charge in [0.1, 0.15) is 68.3 Å². The Labute approximate surface area is 311 Å². The second kappa shape index (κ2) is 14.1. The van der Waals surface area contributed by atoms with Gasteiger partial charge in [-0.25, -0.2) is 0 Å². The van der Waals surface area contributed by atoms with Gasteiger partial charge in [-0.05, 0) is 70.8 Å². The van der Waals surface area contributed by atoms with E-state index in [1.54, 1.807) is 0 Å². The molecule has 0 saturated heterocycles. The molecule has 0 bridgehead atoms. The van der Waals surface area contributed by atoms with Crippen molar-refractivity contribution in [3.05, 3.63) is 171 Å². The van der Waals surface area contributed by atoms with Crippen molar-refractivity contribution in [3.8, 4) is 51.7 Å². The summed E-state index contributed by atoms with van der Waals surface area (Å²) in [6.45, 7) is 0. The van der Waals surface area contributed by atoms with Crippen LogP contribution in [0.1, 0.15) is 61.5 Å². The number of carbonyl (C=O) groups is 1. The largest absolute Gasteiger partial charge is 0.508 e. The number of Topliss-reactive ketones (excluding diaryl/α,β-unsaturated/α-hetero) is 1. The van der Waals surface area contributed by atoms with E-state index in [-0.39, 0.29) is 45.1 Å². The molecule has 0 radical (unpaired) electrons. The molecule has 0 amide bonds. The molecule has 12 heteroatoms. The van der Waals surface area contributed by atoms with E-state index in [0.717, 1.165) is 24.5 Å². The van der Waals surface area contributed by atoms with Gasteiger partial charge in [0, 0.05) is 41.2 Å². The van der Waals surface area contributed by atoms with Crippen LogP contribution in [0, 0.1) is 0 Å². The molecule has 0 aliphatic heterocycles. The van der Waals surface area contributed by atoms with Crippen LogP contribution in [0.5, 0.6) is 51.7 Å². The molecular weight excluding hydrogens is 708 g/mol. The normalized spacial score (nSPS) is 12.0.